The fourth-order valence-electron chi connectivity index (χ4n) is 1.68. The van der Waals surface area contributed by atoms with Crippen LogP contribution in [0.1, 0.15) is 10.4 Å². The summed E-state index contributed by atoms with van der Waals surface area (Å²) in [4.78, 5) is 11.1. The first-order valence-electron chi connectivity index (χ1n) is 5.29. The van der Waals surface area contributed by atoms with Gasteiger partial charge in [-0.3, -0.25) is 4.68 Å². The van der Waals surface area contributed by atoms with E-state index in [9.17, 15) is 13.6 Å². The van der Waals surface area contributed by atoms with Gasteiger partial charge in [0.25, 0.3) is 0 Å². The van der Waals surface area contributed by atoms with Crippen LogP contribution in [0.5, 0.6) is 5.75 Å². The van der Waals surface area contributed by atoms with Crippen LogP contribution in [0.25, 0.3) is 11.3 Å². The molecule has 0 aliphatic rings. The van der Waals surface area contributed by atoms with Crippen molar-refractivity contribution in [1.29, 1.82) is 0 Å². The van der Waals surface area contributed by atoms with Gasteiger partial charge in [-0.15, -0.1) is 0 Å². The minimum absolute atomic E-state index is 0.00306. The third-order valence-corrected chi connectivity index (χ3v) is 2.39. The molecule has 0 aliphatic carbocycles. The van der Waals surface area contributed by atoms with Crippen molar-refractivity contribution < 1.29 is 23.4 Å². The molecular formula is C12H10F2N2O3. The molecule has 0 saturated carbocycles. The Morgan fingerprint density at radius 1 is 1.47 bits per heavy atom. The van der Waals surface area contributed by atoms with E-state index in [4.69, 9.17) is 5.11 Å². The maximum Gasteiger partial charge on any atom is 0.387 e. The number of hydrogen-bond acceptors (Lipinski definition) is 3. The maximum atomic E-state index is 12.1. The van der Waals surface area contributed by atoms with Crippen LogP contribution in [0.15, 0.2) is 30.5 Å². The number of halogens is 2. The first-order chi connectivity index (χ1) is 8.97. The molecule has 1 aromatic carbocycles. The molecule has 19 heavy (non-hydrogen) atoms. The van der Waals surface area contributed by atoms with E-state index in [-0.39, 0.29) is 17.0 Å². The van der Waals surface area contributed by atoms with Crippen LogP contribution in [-0.2, 0) is 7.05 Å². The highest BCUT2D eigenvalue weighted by Crippen LogP contribution is 2.26. The molecule has 0 spiro atoms. The first-order valence-corrected chi connectivity index (χ1v) is 5.29. The zero-order chi connectivity index (χ0) is 14.0. The lowest BCUT2D eigenvalue weighted by Gasteiger charge is -2.05. The van der Waals surface area contributed by atoms with Crippen LogP contribution in [0.4, 0.5) is 8.78 Å². The number of hydrogen-bond donors (Lipinski definition) is 1. The van der Waals surface area contributed by atoms with Crippen molar-refractivity contribution in [3.63, 3.8) is 0 Å². The summed E-state index contributed by atoms with van der Waals surface area (Å²) in [6.45, 7) is -2.93. The van der Waals surface area contributed by atoms with Gasteiger partial charge in [0.15, 0.2) is 0 Å². The number of aryl methyl sites for hydroxylation is 1. The molecule has 0 bridgehead atoms. The number of aromatic carboxylic acids is 1. The number of aromatic nitrogens is 2. The molecular weight excluding hydrogens is 258 g/mol. The monoisotopic (exact) mass is 268 g/mol. The van der Waals surface area contributed by atoms with Crippen LogP contribution in [0, 0.1) is 0 Å². The number of benzene rings is 1. The predicted molar refractivity (Wildman–Crippen MR) is 62.2 cm³/mol. The number of carboxylic acids is 1. The number of carbonyl (C=O) groups is 1. The third kappa shape index (κ3) is 2.87. The van der Waals surface area contributed by atoms with Crippen molar-refractivity contribution in [2.45, 2.75) is 6.61 Å². The largest absolute Gasteiger partial charge is 0.478 e. The van der Waals surface area contributed by atoms with Crippen LogP contribution in [0.2, 0.25) is 0 Å². The first kappa shape index (κ1) is 13.0. The third-order valence-electron chi connectivity index (χ3n) is 2.39. The van der Waals surface area contributed by atoms with Crippen molar-refractivity contribution in [2.24, 2.45) is 7.05 Å². The lowest BCUT2D eigenvalue weighted by Crippen LogP contribution is -2.02. The molecule has 0 aliphatic heterocycles. The molecule has 0 unspecified atom stereocenters. The second-order valence-electron chi connectivity index (χ2n) is 3.78. The lowest BCUT2D eigenvalue weighted by molar-refractivity contribution is -0.0498. The quantitative estimate of drug-likeness (QED) is 0.924. The van der Waals surface area contributed by atoms with Crippen molar-refractivity contribution in [1.82, 2.24) is 9.78 Å². The van der Waals surface area contributed by atoms with Crippen molar-refractivity contribution in [3.8, 4) is 17.0 Å². The fraction of sp³-hybridized carbons (Fsp3) is 0.167. The molecule has 5 nitrogen and oxygen atoms in total. The molecule has 100 valence electrons. The molecule has 2 aromatic rings. The standard InChI is InChI=1S/C12H10F2N2O3/c1-16-6-9(11(17)18)10(15-16)7-3-2-4-8(5-7)19-12(13)14/h2-6,12H,1H3,(H,17,18). The summed E-state index contributed by atoms with van der Waals surface area (Å²) in [5.41, 5.74) is 0.600. The van der Waals surface area contributed by atoms with Crippen molar-refractivity contribution >= 4 is 5.97 Å². The molecule has 0 saturated heterocycles. The van der Waals surface area contributed by atoms with Gasteiger partial charge in [-0.05, 0) is 12.1 Å². The molecule has 1 N–H and O–H groups in total. The normalized spacial score (nSPS) is 10.7. The summed E-state index contributed by atoms with van der Waals surface area (Å²) in [7, 11) is 1.58. The molecule has 0 atom stereocenters. The van der Waals surface area contributed by atoms with Gasteiger partial charge in [0.2, 0.25) is 0 Å². The summed E-state index contributed by atoms with van der Waals surface area (Å²) in [5.74, 6) is -1.18. The van der Waals surface area contributed by atoms with Crippen LogP contribution < -0.4 is 4.74 Å². The second kappa shape index (κ2) is 5.05. The number of rotatable bonds is 4. The van der Waals surface area contributed by atoms with Gasteiger partial charge >= 0.3 is 12.6 Å². The average Bonchev–Trinajstić information content (AvgIpc) is 2.71. The van der Waals surface area contributed by atoms with E-state index in [0.717, 1.165) is 0 Å². The summed E-state index contributed by atoms with van der Waals surface area (Å²) < 4.78 is 29.9. The zero-order valence-corrected chi connectivity index (χ0v) is 9.88. The number of carboxylic acid groups (broad SMARTS) is 1. The Hall–Kier alpha value is -2.44. The SMILES string of the molecule is Cn1cc(C(=O)O)c(-c2cccc(OC(F)F)c2)n1. The highest BCUT2D eigenvalue weighted by Gasteiger charge is 2.17. The lowest BCUT2D eigenvalue weighted by atomic mass is 10.1. The Kier molecular flexibility index (Phi) is 3.46. The number of nitrogens with zero attached hydrogens (tertiary/aromatic N) is 2. The van der Waals surface area contributed by atoms with Crippen molar-refractivity contribution in [3.05, 3.63) is 36.0 Å². The summed E-state index contributed by atoms with van der Waals surface area (Å²) in [6.07, 6.45) is 1.35. The van der Waals surface area contributed by atoms with Gasteiger partial charge < -0.3 is 9.84 Å². The zero-order valence-electron chi connectivity index (χ0n) is 9.88. The fourth-order valence-corrected chi connectivity index (χ4v) is 1.68. The minimum atomic E-state index is -2.93. The summed E-state index contributed by atoms with van der Waals surface area (Å²) >= 11 is 0. The molecule has 0 fully saturated rings. The Morgan fingerprint density at radius 3 is 2.84 bits per heavy atom. The topological polar surface area (TPSA) is 64.4 Å². The molecule has 7 heteroatoms. The molecule has 1 heterocycles. The van der Waals surface area contributed by atoms with E-state index in [2.05, 4.69) is 9.84 Å². The van der Waals surface area contributed by atoms with Crippen LogP contribution in [0.3, 0.4) is 0 Å². The van der Waals surface area contributed by atoms with E-state index in [0.29, 0.717) is 5.56 Å². The molecule has 0 amide bonds. The van der Waals surface area contributed by atoms with Gasteiger partial charge in [0, 0.05) is 18.8 Å². The van der Waals surface area contributed by atoms with E-state index in [1.54, 1.807) is 13.1 Å². The Bertz CT molecular complexity index is 611. The minimum Gasteiger partial charge on any atom is -0.478 e. The average molecular weight is 268 g/mol. The summed E-state index contributed by atoms with van der Waals surface area (Å²) in [6, 6.07) is 5.75. The second-order valence-corrected chi connectivity index (χ2v) is 3.78. The molecule has 0 radical (unpaired) electrons. The Balaban J connectivity index is 2.44. The smallest absolute Gasteiger partial charge is 0.387 e. The maximum absolute atomic E-state index is 12.1. The van der Waals surface area contributed by atoms with E-state index >= 15 is 0 Å². The van der Waals surface area contributed by atoms with Gasteiger partial charge in [-0.2, -0.15) is 13.9 Å². The molecule has 1 aromatic heterocycles. The van der Waals surface area contributed by atoms with Crippen LogP contribution in [-0.4, -0.2) is 27.5 Å². The Morgan fingerprint density at radius 2 is 2.21 bits per heavy atom. The van der Waals surface area contributed by atoms with Gasteiger partial charge in [-0.1, -0.05) is 12.1 Å². The van der Waals surface area contributed by atoms with E-state index in [1.807, 2.05) is 0 Å². The van der Waals surface area contributed by atoms with E-state index < -0.39 is 12.6 Å². The number of ether oxygens (including phenoxy) is 1. The van der Waals surface area contributed by atoms with Crippen LogP contribution >= 0.6 is 0 Å². The number of alkyl halides is 2. The van der Waals surface area contributed by atoms with Crippen molar-refractivity contribution in [2.75, 3.05) is 0 Å². The molecule has 2 rings (SSSR count). The summed E-state index contributed by atoms with van der Waals surface area (Å²) in [5, 5.41) is 13.1. The highest BCUT2D eigenvalue weighted by molar-refractivity contribution is 5.94. The van der Waals surface area contributed by atoms with Gasteiger partial charge in [-0.25, -0.2) is 4.79 Å². The van der Waals surface area contributed by atoms with Gasteiger partial charge in [0.1, 0.15) is 17.0 Å². The highest BCUT2D eigenvalue weighted by atomic mass is 19.3. The van der Waals surface area contributed by atoms with Gasteiger partial charge in [0.05, 0.1) is 0 Å². The van der Waals surface area contributed by atoms with E-state index in [1.165, 1.54) is 29.1 Å². The predicted octanol–water partition coefficient (Wildman–Crippen LogP) is 2.39. The Labute approximate surface area is 107 Å².